The van der Waals surface area contributed by atoms with E-state index < -0.39 is 6.10 Å². The first-order valence-corrected chi connectivity index (χ1v) is 6.91. The fourth-order valence-electron chi connectivity index (χ4n) is 1.76. The van der Waals surface area contributed by atoms with E-state index in [-0.39, 0.29) is 5.54 Å². The van der Waals surface area contributed by atoms with Gasteiger partial charge in [0.2, 0.25) is 0 Å². The fourth-order valence-corrected chi connectivity index (χ4v) is 2.28. The highest BCUT2D eigenvalue weighted by Gasteiger charge is 2.22. The average Bonchev–Trinajstić information content (AvgIpc) is 2.65. The summed E-state index contributed by atoms with van der Waals surface area (Å²) in [6.07, 6.45) is 1.06. The zero-order chi connectivity index (χ0) is 14.2. The Kier molecular flexibility index (Phi) is 3.78. The number of rotatable bonds is 3. The molecule has 104 valence electrons. The van der Waals surface area contributed by atoms with Crippen molar-refractivity contribution in [3.8, 4) is 0 Å². The maximum Gasteiger partial charge on any atom is 0.165 e. The third-order valence-corrected chi connectivity index (χ3v) is 3.18. The Morgan fingerprint density at radius 3 is 2.68 bits per heavy atom. The number of hydrogen-bond acceptors (Lipinski definition) is 5. The predicted octanol–water partition coefficient (Wildman–Crippen LogP) is 2.14. The van der Waals surface area contributed by atoms with Crippen molar-refractivity contribution in [2.45, 2.75) is 39.3 Å². The summed E-state index contributed by atoms with van der Waals surface area (Å²) < 4.78 is 2.56. The van der Waals surface area contributed by atoms with Crippen LogP contribution < -0.4 is 5.32 Å². The van der Waals surface area contributed by atoms with Gasteiger partial charge >= 0.3 is 0 Å². The summed E-state index contributed by atoms with van der Waals surface area (Å²) in [7, 11) is 0. The number of anilines is 1. The number of nitrogens with zero attached hydrogens (tertiary/aromatic N) is 4. The van der Waals surface area contributed by atoms with Crippen LogP contribution in [0.4, 0.5) is 5.82 Å². The molecule has 7 heteroatoms. The third-order valence-electron chi connectivity index (χ3n) is 2.62. The number of aliphatic hydroxyl groups excluding tert-OH is 1. The summed E-state index contributed by atoms with van der Waals surface area (Å²) in [4.78, 5) is 8.53. The lowest BCUT2D eigenvalue weighted by Gasteiger charge is -2.19. The monoisotopic (exact) mass is 327 g/mol. The molecule has 19 heavy (non-hydrogen) atoms. The van der Waals surface area contributed by atoms with Gasteiger partial charge < -0.3 is 10.4 Å². The van der Waals surface area contributed by atoms with E-state index in [0.29, 0.717) is 17.0 Å². The quantitative estimate of drug-likeness (QED) is 0.903. The molecule has 6 nitrogen and oxygen atoms in total. The van der Waals surface area contributed by atoms with E-state index in [1.807, 2.05) is 4.68 Å². The van der Waals surface area contributed by atoms with E-state index in [4.69, 9.17) is 0 Å². The number of aliphatic hydroxyl groups is 1. The largest absolute Gasteiger partial charge is 0.392 e. The van der Waals surface area contributed by atoms with Crippen LogP contribution in [0.2, 0.25) is 0 Å². The maximum atomic E-state index is 9.35. The predicted molar refractivity (Wildman–Crippen MR) is 78.2 cm³/mol. The van der Waals surface area contributed by atoms with Crippen LogP contribution in [0.25, 0.3) is 11.0 Å². The van der Waals surface area contributed by atoms with E-state index >= 15 is 0 Å². The lowest BCUT2D eigenvalue weighted by Crippen LogP contribution is -2.23. The second-order valence-electron chi connectivity index (χ2n) is 5.52. The summed E-state index contributed by atoms with van der Waals surface area (Å²) in [6, 6.07) is 0. The molecule has 2 N–H and O–H groups in total. The molecule has 1 atom stereocenters. The summed E-state index contributed by atoms with van der Waals surface area (Å²) in [5, 5.41) is 17.8. The zero-order valence-corrected chi connectivity index (χ0v) is 13.1. The minimum absolute atomic E-state index is 0.167. The molecule has 0 fully saturated rings. The average molecular weight is 328 g/mol. The molecule has 0 spiro atoms. The van der Waals surface area contributed by atoms with Gasteiger partial charge in [-0.3, -0.25) is 0 Å². The molecule has 0 aromatic carbocycles. The number of nitrogens with one attached hydrogen (secondary N) is 1. The number of fused-ring (bicyclic) bond motifs is 1. The zero-order valence-electron chi connectivity index (χ0n) is 11.5. The summed E-state index contributed by atoms with van der Waals surface area (Å²) in [6.45, 7) is 8.35. The molecule has 0 aliphatic rings. The Bertz CT molecular complexity index is 588. The molecule has 0 aliphatic heterocycles. The van der Waals surface area contributed by atoms with Crippen molar-refractivity contribution in [3.63, 3.8) is 0 Å². The Hall–Kier alpha value is -1.21. The fraction of sp³-hybridized carbons (Fsp3) is 0.583. The highest BCUT2D eigenvalue weighted by molar-refractivity contribution is 9.10. The van der Waals surface area contributed by atoms with Gasteiger partial charge in [0.15, 0.2) is 5.65 Å². The Labute approximate surface area is 120 Å². The normalized spacial score (nSPS) is 13.8. The Balaban J connectivity index is 2.54. The number of hydrogen-bond donors (Lipinski definition) is 2. The first-order chi connectivity index (χ1) is 8.80. The molecule has 0 aliphatic carbocycles. The van der Waals surface area contributed by atoms with Gasteiger partial charge in [0.25, 0.3) is 0 Å². The highest BCUT2D eigenvalue weighted by atomic mass is 79.9. The molecule has 2 rings (SSSR count). The number of halogens is 1. The molecular formula is C12H18BrN5O. The minimum atomic E-state index is -0.443. The highest BCUT2D eigenvalue weighted by Crippen LogP contribution is 2.30. The molecule has 0 amide bonds. The van der Waals surface area contributed by atoms with Crippen molar-refractivity contribution in [1.29, 1.82) is 0 Å². The second-order valence-corrected chi connectivity index (χ2v) is 6.28. The van der Waals surface area contributed by atoms with Crippen LogP contribution >= 0.6 is 15.9 Å². The second kappa shape index (κ2) is 5.05. The molecule has 0 radical (unpaired) electrons. The van der Waals surface area contributed by atoms with Crippen LogP contribution in [-0.4, -0.2) is 37.5 Å². The van der Waals surface area contributed by atoms with Crippen LogP contribution in [0.15, 0.2) is 10.9 Å². The molecule has 0 saturated heterocycles. The van der Waals surface area contributed by atoms with E-state index in [0.717, 1.165) is 11.0 Å². The third kappa shape index (κ3) is 2.87. The van der Waals surface area contributed by atoms with E-state index in [1.54, 1.807) is 6.92 Å². The van der Waals surface area contributed by atoms with Gasteiger partial charge in [0, 0.05) is 6.54 Å². The van der Waals surface area contributed by atoms with Crippen molar-refractivity contribution in [3.05, 3.63) is 10.9 Å². The van der Waals surface area contributed by atoms with Gasteiger partial charge in [-0.25, -0.2) is 14.6 Å². The number of aromatic nitrogens is 4. The molecule has 2 aromatic rings. The van der Waals surface area contributed by atoms with Crippen LogP contribution in [0.3, 0.4) is 0 Å². The van der Waals surface area contributed by atoms with Crippen molar-refractivity contribution in [2.24, 2.45) is 0 Å². The van der Waals surface area contributed by atoms with Crippen LogP contribution in [-0.2, 0) is 5.54 Å². The van der Waals surface area contributed by atoms with E-state index in [9.17, 15) is 5.11 Å². The summed E-state index contributed by atoms with van der Waals surface area (Å²) >= 11 is 3.45. The van der Waals surface area contributed by atoms with Crippen molar-refractivity contribution in [1.82, 2.24) is 19.7 Å². The van der Waals surface area contributed by atoms with Crippen molar-refractivity contribution >= 4 is 32.8 Å². The lowest BCUT2D eigenvalue weighted by molar-refractivity contribution is 0.208. The Morgan fingerprint density at radius 2 is 2.11 bits per heavy atom. The van der Waals surface area contributed by atoms with Crippen molar-refractivity contribution < 1.29 is 5.11 Å². The van der Waals surface area contributed by atoms with Crippen molar-refractivity contribution in [2.75, 3.05) is 11.9 Å². The molecule has 2 aromatic heterocycles. The van der Waals surface area contributed by atoms with E-state index in [2.05, 4.69) is 57.1 Å². The van der Waals surface area contributed by atoms with Gasteiger partial charge in [-0.2, -0.15) is 5.10 Å². The SMILES string of the molecule is C[C@@H](O)CNc1ncnc2c1c(Br)nn2C(C)(C)C. The first-order valence-electron chi connectivity index (χ1n) is 6.12. The van der Waals surface area contributed by atoms with Crippen LogP contribution in [0.5, 0.6) is 0 Å². The maximum absolute atomic E-state index is 9.35. The van der Waals surface area contributed by atoms with Gasteiger partial charge in [-0.1, -0.05) is 0 Å². The van der Waals surface area contributed by atoms with Gasteiger partial charge in [0.05, 0.1) is 17.0 Å². The molecule has 0 unspecified atom stereocenters. The van der Waals surface area contributed by atoms with Crippen LogP contribution in [0, 0.1) is 0 Å². The standard InChI is InChI=1S/C12H18BrN5O/c1-7(19)5-14-10-8-9(13)17-18(12(2,3)4)11(8)16-6-15-10/h6-7,19H,5H2,1-4H3,(H,14,15,16)/t7-/m1/s1. The Morgan fingerprint density at radius 1 is 1.42 bits per heavy atom. The molecule has 0 bridgehead atoms. The van der Waals surface area contributed by atoms with Gasteiger partial charge in [-0.05, 0) is 43.6 Å². The van der Waals surface area contributed by atoms with E-state index in [1.165, 1.54) is 6.33 Å². The summed E-state index contributed by atoms with van der Waals surface area (Å²) in [5.74, 6) is 0.674. The first kappa shape index (κ1) is 14.2. The molecule has 2 heterocycles. The minimum Gasteiger partial charge on any atom is -0.392 e. The summed E-state index contributed by atoms with van der Waals surface area (Å²) in [5.41, 5.74) is 0.600. The topological polar surface area (TPSA) is 75.9 Å². The lowest BCUT2D eigenvalue weighted by atomic mass is 10.1. The smallest absolute Gasteiger partial charge is 0.165 e. The van der Waals surface area contributed by atoms with Gasteiger partial charge in [-0.15, -0.1) is 0 Å². The molecular weight excluding hydrogens is 310 g/mol. The van der Waals surface area contributed by atoms with Gasteiger partial charge in [0.1, 0.15) is 16.7 Å². The molecule has 0 saturated carbocycles. The van der Waals surface area contributed by atoms with Crippen LogP contribution in [0.1, 0.15) is 27.7 Å².